The fourth-order valence-corrected chi connectivity index (χ4v) is 6.50. The Morgan fingerprint density at radius 3 is 2.61 bits per heavy atom. The number of benzene rings is 1. The molecule has 1 aromatic rings. The van der Waals surface area contributed by atoms with E-state index in [-0.39, 0.29) is 11.4 Å². The maximum atomic E-state index is 12.4. The highest BCUT2D eigenvalue weighted by Crippen LogP contribution is 2.49. The molecule has 0 spiro atoms. The molecule has 2 aliphatic carbocycles. The topological polar surface area (TPSA) is 38.8 Å². The Morgan fingerprint density at radius 2 is 1.94 bits per heavy atom. The Hall–Kier alpha value is -1.39. The van der Waals surface area contributed by atoms with Crippen LogP contribution in [-0.4, -0.2) is 43.2 Å². The molecule has 1 saturated heterocycles. The molecule has 4 nitrogen and oxygen atoms in total. The summed E-state index contributed by atoms with van der Waals surface area (Å²) in [5.74, 6) is 1.65. The first-order chi connectivity index (χ1) is 15.0. The number of nitrogens with zero attached hydrogens (tertiary/aromatic N) is 1. The van der Waals surface area contributed by atoms with Crippen molar-refractivity contribution in [3.8, 4) is 5.75 Å². The summed E-state index contributed by atoms with van der Waals surface area (Å²) in [4.78, 5) is 15.2. The number of hydrogen-bond acceptors (Lipinski definition) is 4. The standard InChI is InChI=1S/C27H41NO3/c1-4-13-28(14-5-2)26-22-9-7-6-8-12-27(26,3)24-17-23(11-10-21(24)16-22)31-25(29)15-20-18-30-19-20/h10-11,17,20,22,26H,4-9,12-16,18-19H2,1-3H3/t22-,26-,27+/m0/s1. The highest BCUT2D eigenvalue weighted by atomic mass is 16.5. The van der Waals surface area contributed by atoms with Gasteiger partial charge in [0, 0.05) is 17.4 Å². The lowest BCUT2D eigenvalue weighted by Crippen LogP contribution is -2.57. The molecule has 1 saturated carbocycles. The largest absolute Gasteiger partial charge is 0.427 e. The molecule has 4 rings (SSSR count). The third kappa shape index (κ3) is 4.85. The van der Waals surface area contributed by atoms with E-state index >= 15 is 0 Å². The fourth-order valence-electron chi connectivity index (χ4n) is 6.50. The summed E-state index contributed by atoms with van der Waals surface area (Å²) in [5, 5.41) is 0. The summed E-state index contributed by atoms with van der Waals surface area (Å²) < 4.78 is 11.0. The second-order valence-electron chi connectivity index (χ2n) is 10.4. The van der Waals surface area contributed by atoms with Crippen LogP contribution in [0, 0.1) is 11.8 Å². The van der Waals surface area contributed by atoms with E-state index in [1.54, 1.807) is 0 Å². The lowest BCUT2D eigenvalue weighted by molar-refractivity contribution is -0.139. The molecule has 0 radical (unpaired) electrons. The van der Waals surface area contributed by atoms with Crippen LogP contribution in [0.1, 0.15) is 83.3 Å². The average molecular weight is 428 g/mol. The third-order valence-electron chi connectivity index (χ3n) is 7.86. The van der Waals surface area contributed by atoms with Crippen LogP contribution in [0.25, 0.3) is 0 Å². The van der Waals surface area contributed by atoms with Crippen molar-refractivity contribution >= 4 is 5.97 Å². The van der Waals surface area contributed by atoms with Gasteiger partial charge in [0.25, 0.3) is 0 Å². The van der Waals surface area contributed by atoms with E-state index in [9.17, 15) is 4.79 Å². The van der Waals surface area contributed by atoms with Gasteiger partial charge < -0.3 is 9.47 Å². The lowest BCUT2D eigenvalue weighted by Gasteiger charge is -2.53. The second kappa shape index (κ2) is 10.0. The van der Waals surface area contributed by atoms with Crippen molar-refractivity contribution in [2.75, 3.05) is 26.3 Å². The summed E-state index contributed by atoms with van der Waals surface area (Å²) in [6, 6.07) is 7.06. The van der Waals surface area contributed by atoms with E-state index in [1.807, 2.05) is 6.07 Å². The van der Waals surface area contributed by atoms with Gasteiger partial charge in [-0.15, -0.1) is 0 Å². The minimum atomic E-state index is -0.125. The van der Waals surface area contributed by atoms with Gasteiger partial charge in [0.05, 0.1) is 19.6 Å². The van der Waals surface area contributed by atoms with Crippen LogP contribution in [0.4, 0.5) is 0 Å². The van der Waals surface area contributed by atoms with Gasteiger partial charge in [-0.25, -0.2) is 0 Å². The molecule has 2 fully saturated rings. The molecule has 1 heterocycles. The molecule has 1 aromatic carbocycles. The first kappa shape index (κ1) is 22.8. The summed E-state index contributed by atoms with van der Waals surface area (Å²) in [6.07, 6.45) is 10.6. The highest BCUT2D eigenvalue weighted by molar-refractivity contribution is 5.73. The Labute approximate surface area is 188 Å². The first-order valence-corrected chi connectivity index (χ1v) is 12.7. The van der Waals surface area contributed by atoms with Gasteiger partial charge in [0.15, 0.2) is 0 Å². The quantitative estimate of drug-likeness (QED) is 0.405. The number of hydrogen-bond donors (Lipinski definition) is 0. The van der Waals surface area contributed by atoms with Crippen LogP contribution in [0.2, 0.25) is 0 Å². The number of ether oxygens (including phenoxy) is 2. The van der Waals surface area contributed by atoms with Crippen LogP contribution in [-0.2, 0) is 21.4 Å². The maximum absolute atomic E-state index is 12.4. The molecular formula is C27H41NO3. The minimum absolute atomic E-state index is 0.118. The molecule has 4 heteroatoms. The average Bonchev–Trinajstić information content (AvgIpc) is 2.70. The summed E-state index contributed by atoms with van der Waals surface area (Å²) >= 11 is 0. The van der Waals surface area contributed by atoms with E-state index in [0.717, 1.165) is 18.1 Å². The van der Waals surface area contributed by atoms with E-state index in [0.29, 0.717) is 31.6 Å². The fraction of sp³-hybridized carbons (Fsp3) is 0.741. The smallest absolute Gasteiger partial charge is 0.311 e. The van der Waals surface area contributed by atoms with E-state index in [4.69, 9.17) is 9.47 Å². The zero-order valence-electron chi connectivity index (χ0n) is 19.8. The second-order valence-corrected chi connectivity index (χ2v) is 10.4. The minimum Gasteiger partial charge on any atom is -0.427 e. The lowest BCUT2D eigenvalue weighted by atomic mass is 9.59. The molecule has 31 heavy (non-hydrogen) atoms. The van der Waals surface area contributed by atoms with Gasteiger partial charge >= 0.3 is 5.97 Å². The van der Waals surface area contributed by atoms with E-state index in [1.165, 1.54) is 69.2 Å². The molecule has 3 aliphatic rings. The maximum Gasteiger partial charge on any atom is 0.311 e. The first-order valence-electron chi connectivity index (χ1n) is 12.7. The monoisotopic (exact) mass is 427 g/mol. The molecular weight excluding hydrogens is 386 g/mol. The summed E-state index contributed by atoms with van der Waals surface area (Å²) in [6.45, 7) is 10.8. The van der Waals surface area contributed by atoms with Gasteiger partial charge in [-0.2, -0.15) is 0 Å². The predicted molar refractivity (Wildman–Crippen MR) is 125 cm³/mol. The number of esters is 1. The molecule has 0 amide bonds. The van der Waals surface area contributed by atoms with Gasteiger partial charge in [0.1, 0.15) is 5.75 Å². The third-order valence-corrected chi connectivity index (χ3v) is 7.86. The normalized spacial score (nSPS) is 28.4. The van der Waals surface area contributed by atoms with Crippen LogP contribution < -0.4 is 4.74 Å². The molecule has 2 bridgehead atoms. The van der Waals surface area contributed by atoms with E-state index < -0.39 is 0 Å². The summed E-state index contributed by atoms with van der Waals surface area (Å²) in [7, 11) is 0. The zero-order valence-corrected chi connectivity index (χ0v) is 19.8. The van der Waals surface area contributed by atoms with Crippen molar-refractivity contribution in [2.45, 2.75) is 90.0 Å². The number of rotatable bonds is 8. The Bertz CT molecular complexity index is 753. The molecule has 0 N–H and O–H groups in total. The molecule has 1 aliphatic heterocycles. The predicted octanol–water partition coefficient (Wildman–Crippen LogP) is 5.51. The van der Waals surface area contributed by atoms with Gasteiger partial charge in [-0.3, -0.25) is 9.69 Å². The van der Waals surface area contributed by atoms with Gasteiger partial charge in [0.2, 0.25) is 0 Å². The van der Waals surface area contributed by atoms with E-state index in [2.05, 4.69) is 37.8 Å². The highest BCUT2D eigenvalue weighted by Gasteiger charge is 2.48. The van der Waals surface area contributed by atoms with Crippen molar-refractivity contribution in [1.82, 2.24) is 4.90 Å². The SMILES string of the molecule is CCCN(CCC)[C@H]1[C@H]2CCCCC[C@]1(C)c1cc(OC(=O)CC3COC3)ccc1C2. The zero-order chi connectivity index (χ0) is 21.8. The van der Waals surface area contributed by atoms with Crippen molar-refractivity contribution in [3.05, 3.63) is 29.3 Å². The number of carbonyl (C=O) groups excluding carboxylic acids is 1. The number of fused-ring (bicyclic) bond motifs is 4. The molecule has 0 aromatic heterocycles. The van der Waals surface area contributed by atoms with Crippen LogP contribution in [0.15, 0.2) is 18.2 Å². The Morgan fingerprint density at radius 1 is 1.16 bits per heavy atom. The van der Waals surface area contributed by atoms with Gasteiger partial charge in [-0.05, 0) is 74.4 Å². The molecule has 0 unspecified atom stereocenters. The Kier molecular flexibility index (Phi) is 7.38. The van der Waals surface area contributed by atoms with Crippen LogP contribution in [0.5, 0.6) is 5.75 Å². The molecule has 172 valence electrons. The molecule has 3 atom stereocenters. The van der Waals surface area contributed by atoms with Crippen molar-refractivity contribution in [2.24, 2.45) is 11.8 Å². The Balaban J connectivity index is 1.64. The van der Waals surface area contributed by atoms with Crippen molar-refractivity contribution in [1.29, 1.82) is 0 Å². The van der Waals surface area contributed by atoms with Crippen LogP contribution >= 0.6 is 0 Å². The van der Waals surface area contributed by atoms with Crippen LogP contribution in [0.3, 0.4) is 0 Å². The van der Waals surface area contributed by atoms with Crippen molar-refractivity contribution in [3.63, 3.8) is 0 Å². The summed E-state index contributed by atoms with van der Waals surface area (Å²) in [5.41, 5.74) is 3.03. The number of carbonyl (C=O) groups is 1. The van der Waals surface area contributed by atoms with Crippen molar-refractivity contribution < 1.29 is 14.3 Å². The van der Waals surface area contributed by atoms with Gasteiger partial charge in [-0.1, -0.05) is 46.1 Å².